The average Bonchev–Trinajstić information content (AvgIpc) is 3.06. The quantitative estimate of drug-likeness (QED) is 0.722. The molecule has 0 aliphatic carbocycles. The molecule has 0 aliphatic rings. The van der Waals surface area contributed by atoms with Gasteiger partial charge in [-0.05, 0) is 32.0 Å². The van der Waals surface area contributed by atoms with E-state index in [0.29, 0.717) is 22.5 Å². The van der Waals surface area contributed by atoms with Gasteiger partial charge in [0.2, 0.25) is 0 Å². The monoisotopic (exact) mass is 270 g/mol. The zero-order chi connectivity index (χ0) is 14.3. The zero-order valence-electron chi connectivity index (χ0n) is 11.0. The predicted molar refractivity (Wildman–Crippen MR) is 69.9 cm³/mol. The van der Waals surface area contributed by atoms with E-state index >= 15 is 0 Å². The van der Waals surface area contributed by atoms with Gasteiger partial charge in [0.1, 0.15) is 5.69 Å². The molecule has 3 aromatic rings. The Labute approximate surface area is 114 Å². The van der Waals surface area contributed by atoms with Crippen molar-refractivity contribution in [2.45, 2.75) is 19.9 Å². The third kappa shape index (κ3) is 1.85. The van der Waals surface area contributed by atoms with E-state index in [1.807, 2.05) is 13.8 Å². The second kappa shape index (κ2) is 4.48. The maximum Gasteiger partial charge on any atom is 0.159 e. The van der Waals surface area contributed by atoms with Crippen LogP contribution < -0.4 is 5.11 Å². The van der Waals surface area contributed by atoms with Gasteiger partial charge in [0.15, 0.2) is 11.4 Å². The third-order valence-corrected chi connectivity index (χ3v) is 3.05. The third-order valence-electron chi connectivity index (χ3n) is 3.05. The van der Waals surface area contributed by atoms with Crippen LogP contribution >= 0.6 is 0 Å². The molecule has 0 radical (unpaired) electrons. The van der Waals surface area contributed by atoms with Crippen molar-refractivity contribution in [3.8, 4) is 11.5 Å². The van der Waals surface area contributed by atoms with Gasteiger partial charge in [-0.1, -0.05) is 0 Å². The maximum absolute atomic E-state index is 11.3. The van der Waals surface area contributed by atoms with Crippen molar-refractivity contribution in [1.29, 1.82) is 0 Å². The molecule has 0 aliphatic heterocycles. The van der Waals surface area contributed by atoms with Gasteiger partial charge >= 0.3 is 0 Å². The van der Waals surface area contributed by atoms with E-state index in [9.17, 15) is 9.90 Å². The Bertz CT molecular complexity index is 772. The number of hydrogen-bond acceptors (Lipinski definition) is 5. The van der Waals surface area contributed by atoms with Crippen LogP contribution in [0.2, 0.25) is 0 Å². The summed E-state index contributed by atoms with van der Waals surface area (Å²) in [5, 5.41) is 16.0. The molecular formula is C14H12N3O3-. The fraction of sp³-hybridized carbons (Fsp3) is 0.214. The van der Waals surface area contributed by atoms with E-state index < -0.39 is 5.97 Å². The van der Waals surface area contributed by atoms with Crippen molar-refractivity contribution in [2.24, 2.45) is 0 Å². The zero-order valence-corrected chi connectivity index (χ0v) is 11.0. The SMILES string of the molecule is CC(C)n1ncc2c(C(=O)[O-])cc(-c3ccco3)nc21. The number of carboxylic acids is 1. The lowest BCUT2D eigenvalue weighted by molar-refractivity contribution is -0.254. The van der Waals surface area contributed by atoms with Gasteiger partial charge in [-0.25, -0.2) is 9.67 Å². The van der Waals surface area contributed by atoms with Crippen LogP contribution in [0, 0.1) is 0 Å². The van der Waals surface area contributed by atoms with E-state index in [2.05, 4.69) is 10.1 Å². The van der Waals surface area contributed by atoms with Crippen molar-refractivity contribution in [2.75, 3.05) is 0 Å². The van der Waals surface area contributed by atoms with Crippen LogP contribution in [-0.4, -0.2) is 20.7 Å². The Morgan fingerprint density at radius 3 is 2.85 bits per heavy atom. The number of carbonyl (C=O) groups excluding carboxylic acids is 1. The van der Waals surface area contributed by atoms with Crippen LogP contribution in [0.5, 0.6) is 0 Å². The molecule has 3 aromatic heterocycles. The Hall–Kier alpha value is -2.63. The molecule has 0 fully saturated rings. The fourth-order valence-corrected chi connectivity index (χ4v) is 2.12. The molecule has 0 N–H and O–H groups in total. The summed E-state index contributed by atoms with van der Waals surface area (Å²) in [7, 11) is 0. The van der Waals surface area contributed by atoms with E-state index in [-0.39, 0.29) is 11.6 Å². The highest BCUT2D eigenvalue weighted by atomic mass is 16.4. The second-order valence-electron chi connectivity index (χ2n) is 4.74. The van der Waals surface area contributed by atoms with Gasteiger partial charge < -0.3 is 14.3 Å². The van der Waals surface area contributed by atoms with Gasteiger partial charge in [-0.15, -0.1) is 0 Å². The molecule has 102 valence electrons. The normalized spacial score (nSPS) is 11.3. The molecule has 0 spiro atoms. The van der Waals surface area contributed by atoms with Crippen LogP contribution in [0.15, 0.2) is 35.1 Å². The average molecular weight is 270 g/mol. The van der Waals surface area contributed by atoms with Crippen LogP contribution in [0.4, 0.5) is 0 Å². The number of carbonyl (C=O) groups is 1. The van der Waals surface area contributed by atoms with E-state index in [0.717, 1.165) is 0 Å². The molecule has 0 aromatic carbocycles. The number of hydrogen-bond donors (Lipinski definition) is 0. The number of fused-ring (bicyclic) bond motifs is 1. The summed E-state index contributed by atoms with van der Waals surface area (Å²) in [5.41, 5.74) is 1.02. The molecule has 0 atom stereocenters. The van der Waals surface area contributed by atoms with Crippen molar-refractivity contribution in [3.63, 3.8) is 0 Å². The van der Waals surface area contributed by atoms with Crippen molar-refractivity contribution >= 4 is 17.0 Å². The standard InChI is InChI=1S/C14H13N3O3/c1-8(2)17-13-10(7-15-17)9(14(18)19)6-11(16-13)12-4-3-5-20-12/h3-8H,1-2H3,(H,18,19)/p-1. The molecule has 0 amide bonds. The first-order chi connectivity index (χ1) is 9.58. The first-order valence-corrected chi connectivity index (χ1v) is 6.21. The summed E-state index contributed by atoms with van der Waals surface area (Å²) >= 11 is 0. The summed E-state index contributed by atoms with van der Waals surface area (Å²) in [6, 6.07) is 4.97. The van der Waals surface area contributed by atoms with Crippen LogP contribution in [-0.2, 0) is 0 Å². The topological polar surface area (TPSA) is 84.0 Å². The van der Waals surface area contributed by atoms with Gasteiger partial charge in [0, 0.05) is 17.0 Å². The van der Waals surface area contributed by atoms with Gasteiger partial charge in [0.05, 0.1) is 18.4 Å². The van der Waals surface area contributed by atoms with Gasteiger partial charge in [-0.3, -0.25) is 0 Å². The van der Waals surface area contributed by atoms with E-state index in [1.165, 1.54) is 18.5 Å². The number of aromatic nitrogens is 3. The highest BCUT2D eigenvalue weighted by molar-refractivity contribution is 6.01. The van der Waals surface area contributed by atoms with Crippen molar-refractivity contribution < 1.29 is 14.3 Å². The lowest BCUT2D eigenvalue weighted by Gasteiger charge is -2.10. The number of nitrogens with zero attached hydrogens (tertiary/aromatic N) is 3. The smallest absolute Gasteiger partial charge is 0.159 e. The fourth-order valence-electron chi connectivity index (χ4n) is 2.12. The minimum Gasteiger partial charge on any atom is -0.545 e. The van der Waals surface area contributed by atoms with Crippen molar-refractivity contribution in [1.82, 2.24) is 14.8 Å². The Balaban J connectivity index is 2.33. The number of carboxylic acid groups (broad SMARTS) is 1. The number of pyridine rings is 1. The minimum absolute atomic E-state index is 0.0632. The summed E-state index contributed by atoms with van der Waals surface area (Å²) in [6.07, 6.45) is 3.01. The van der Waals surface area contributed by atoms with E-state index in [1.54, 1.807) is 16.8 Å². The molecule has 20 heavy (non-hydrogen) atoms. The lowest BCUT2D eigenvalue weighted by atomic mass is 10.1. The lowest BCUT2D eigenvalue weighted by Crippen LogP contribution is -2.22. The summed E-state index contributed by atoms with van der Waals surface area (Å²) in [5.74, 6) is -0.751. The molecule has 6 nitrogen and oxygen atoms in total. The maximum atomic E-state index is 11.3. The molecule has 3 rings (SSSR count). The largest absolute Gasteiger partial charge is 0.545 e. The van der Waals surface area contributed by atoms with Gasteiger partial charge in [-0.2, -0.15) is 5.10 Å². The first kappa shape index (κ1) is 12.4. The molecule has 0 bridgehead atoms. The number of furan rings is 1. The minimum atomic E-state index is -1.26. The highest BCUT2D eigenvalue weighted by Crippen LogP contribution is 2.26. The Morgan fingerprint density at radius 2 is 2.25 bits per heavy atom. The summed E-state index contributed by atoms with van der Waals surface area (Å²) in [6.45, 7) is 3.90. The first-order valence-electron chi connectivity index (χ1n) is 6.21. The van der Waals surface area contributed by atoms with Crippen LogP contribution in [0.3, 0.4) is 0 Å². The van der Waals surface area contributed by atoms with Crippen molar-refractivity contribution in [3.05, 3.63) is 36.2 Å². The van der Waals surface area contributed by atoms with Crippen LogP contribution in [0.25, 0.3) is 22.5 Å². The number of aromatic carboxylic acids is 1. The summed E-state index contributed by atoms with van der Waals surface area (Å²) in [4.78, 5) is 15.8. The predicted octanol–water partition coefficient (Wildman–Crippen LogP) is 1.64. The highest BCUT2D eigenvalue weighted by Gasteiger charge is 2.15. The number of rotatable bonds is 3. The van der Waals surface area contributed by atoms with Crippen LogP contribution in [0.1, 0.15) is 30.2 Å². The molecule has 0 saturated heterocycles. The second-order valence-corrected chi connectivity index (χ2v) is 4.74. The molecule has 0 saturated carbocycles. The molecule has 0 unspecified atom stereocenters. The Morgan fingerprint density at radius 1 is 1.45 bits per heavy atom. The summed E-state index contributed by atoms with van der Waals surface area (Å²) < 4.78 is 6.95. The Kier molecular flexibility index (Phi) is 2.78. The van der Waals surface area contributed by atoms with E-state index in [4.69, 9.17) is 4.42 Å². The molecule has 6 heteroatoms. The molecule has 3 heterocycles. The molecular weight excluding hydrogens is 258 g/mol. The van der Waals surface area contributed by atoms with Gasteiger partial charge in [0.25, 0.3) is 0 Å².